The first kappa shape index (κ1) is 12.8. The van der Waals surface area contributed by atoms with Gasteiger partial charge in [0, 0.05) is 0 Å². The smallest absolute Gasteiger partial charge is 0.119 e. The lowest BCUT2D eigenvalue weighted by Gasteiger charge is -2.18. The van der Waals surface area contributed by atoms with E-state index in [0.717, 1.165) is 16.7 Å². The summed E-state index contributed by atoms with van der Waals surface area (Å²) >= 11 is 0. The third-order valence-corrected chi connectivity index (χ3v) is 2.90. The van der Waals surface area contributed by atoms with Gasteiger partial charge in [0.25, 0.3) is 0 Å². The Morgan fingerprint density at radius 2 is 1.56 bits per heavy atom. The minimum atomic E-state index is 0.344. The fraction of sp³-hybridized carbons (Fsp3) is 0.467. The standard InChI is InChI=1S/C15H22O/c1-9(2)12-7-14(11(5)6)15(16)8-13(12)10(3)4/h7-9,11,16H,3H2,1-2,4-6H3. The van der Waals surface area contributed by atoms with Gasteiger partial charge in [-0.15, -0.1) is 0 Å². The molecule has 0 saturated heterocycles. The van der Waals surface area contributed by atoms with Gasteiger partial charge in [0.2, 0.25) is 0 Å². The molecule has 0 unspecified atom stereocenters. The largest absolute Gasteiger partial charge is 0.508 e. The SMILES string of the molecule is C=C(C)c1cc(O)c(C(C)C)cc1C(C)C. The predicted octanol–water partition coefficient (Wildman–Crippen LogP) is 4.67. The molecular formula is C15H22O. The van der Waals surface area contributed by atoms with E-state index in [0.29, 0.717) is 17.6 Å². The van der Waals surface area contributed by atoms with Crippen LogP contribution < -0.4 is 0 Å². The van der Waals surface area contributed by atoms with Gasteiger partial charge < -0.3 is 5.11 Å². The van der Waals surface area contributed by atoms with Crippen LogP contribution in [0, 0.1) is 0 Å². The molecule has 88 valence electrons. The van der Waals surface area contributed by atoms with Crippen molar-refractivity contribution in [3.63, 3.8) is 0 Å². The molecule has 0 spiro atoms. The van der Waals surface area contributed by atoms with E-state index in [2.05, 4.69) is 40.3 Å². The number of allylic oxidation sites excluding steroid dienone is 1. The summed E-state index contributed by atoms with van der Waals surface area (Å²) in [5.41, 5.74) is 4.38. The molecule has 1 nitrogen and oxygen atoms in total. The fourth-order valence-corrected chi connectivity index (χ4v) is 1.93. The van der Waals surface area contributed by atoms with Crippen molar-refractivity contribution in [2.24, 2.45) is 0 Å². The Hall–Kier alpha value is -1.24. The van der Waals surface area contributed by atoms with E-state index in [1.807, 2.05) is 13.0 Å². The normalized spacial score (nSPS) is 11.2. The molecule has 0 saturated carbocycles. The molecule has 0 aliphatic heterocycles. The van der Waals surface area contributed by atoms with Gasteiger partial charge in [0.15, 0.2) is 0 Å². The second-order valence-corrected chi connectivity index (χ2v) is 5.09. The number of hydrogen-bond donors (Lipinski definition) is 1. The topological polar surface area (TPSA) is 20.2 Å². The zero-order valence-electron chi connectivity index (χ0n) is 11.0. The van der Waals surface area contributed by atoms with Crippen molar-refractivity contribution in [1.82, 2.24) is 0 Å². The maximum atomic E-state index is 9.98. The number of phenolic OH excluding ortho intramolecular Hbond substituents is 1. The molecule has 1 heteroatoms. The Kier molecular flexibility index (Phi) is 3.79. The summed E-state index contributed by atoms with van der Waals surface area (Å²) in [6.45, 7) is 14.5. The van der Waals surface area contributed by atoms with Gasteiger partial charge in [0.1, 0.15) is 5.75 Å². The molecule has 0 aliphatic carbocycles. The molecule has 0 heterocycles. The Balaban J connectivity index is 3.43. The number of hydrogen-bond acceptors (Lipinski definition) is 1. The summed E-state index contributed by atoms with van der Waals surface area (Å²) < 4.78 is 0. The average Bonchev–Trinajstić information content (AvgIpc) is 2.15. The van der Waals surface area contributed by atoms with Crippen molar-refractivity contribution in [1.29, 1.82) is 0 Å². The molecule has 0 amide bonds. The van der Waals surface area contributed by atoms with Gasteiger partial charge in [0.05, 0.1) is 0 Å². The molecule has 16 heavy (non-hydrogen) atoms. The van der Waals surface area contributed by atoms with E-state index in [4.69, 9.17) is 0 Å². The van der Waals surface area contributed by atoms with Gasteiger partial charge in [-0.3, -0.25) is 0 Å². The van der Waals surface area contributed by atoms with Crippen LogP contribution in [0.4, 0.5) is 0 Å². The van der Waals surface area contributed by atoms with E-state index in [1.54, 1.807) is 0 Å². The Bertz CT molecular complexity index is 400. The Labute approximate surface area is 98.8 Å². The van der Waals surface area contributed by atoms with Crippen LogP contribution >= 0.6 is 0 Å². The highest BCUT2D eigenvalue weighted by molar-refractivity contribution is 5.67. The highest BCUT2D eigenvalue weighted by Gasteiger charge is 2.14. The van der Waals surface area contributed by atoms with Crippen molar-refractivity contribution >= 4 is 5.57 Å². The number of phenols is 1. The summed E-state index contributed by atoms with van der Waals surface area (Å²) in [6.07, 6.45) is 0. The molecule has 0 bridgehead atoms. The lowest BCUT2D eigenvalue weighted by atomic mass is 9.88. The van der Waals surface area contributed by atoms with Crippen molar-refractivity contribution in [3.8, 4) is 5.75 Å². The lowest BCUT2D eigenvalue weighted by Crippen LogP contribution is -1.98. The Morgan fingerprint density at radius 1 is 1.06 bits per heavy atom. The monoisotopic (exact) mass is 218 g/mol. The van der Waals surface area contributed by atoms with Crippen LogP contribution in [0.3, 0.4) is 0 Å². The van der Waals surface area contributed by atoms with Gasteiger partial charge in [-0.25, -0.2) is 0 Å². The summed E-state index contributed by atoms with van der Waals surface area (Å²) in [5.74, 6) is 1.18. The quantitative estimate of drug-likeness (QED) is 0.781. The van der Waals surface area contributed by atoms with Crippen LogP contribution in [0.25, 0.3) is 5.57 Å². The second kappa shape index (κ2) is 4.73. The third-order valence-electron chi connectivity index (χ3n) is 2.90. The third kappa shape index (κ3) is 2.46. The molecule has 0 aliphatic rings. The van der Waals surface area contributed by atoms with Crippen molar-refractivity contribution < 1.29 is 5.11 Å². The summed E-state index contributed by atoms with van der Waals surface area (Å²) in [7, 11) is 0. The van der Waals surface area contributed by atoms with E-state index < -0.39 is 0 Å². The van der Waals surface area contributed by atoms with Gasteiger partial charge in [-0.05, 0) is 41.5 Å². The summed E-state index contributed by atoms with van der Waals surface area (Å²) in [4.78, 5) is 0. The van der Waals surface area contributed by atoms with Gasteiger partial charge in [-0.2, -0.15) is 0 Å². The second-order valence-electron chi connectivity index (χ2n) is 5.09. The van der Waals surface area contributed by atoms with E-state index >= 15 is 0 Å². The molecule has 1 N–H and O–H groups in total. The van der Waals surface area contributed by atoms with Gasteiger partial charge >= 0.3 is 0 Å². The maximum absolute atomic E-state index is 9.98. The molecular weight excluding hydrogens is 196 g/mol. The highest BCUT2D eigenvalue weighted by atomic mass is 16.3. The lowest BCUT2D eigenvalue weighted by molar-refractivity contribution is 0.464. The van der Waals surface area contributed by atoms with Gasteiger partial charge in [-0.1, -0.05) is 45.9 Å². The van der Waals surface area contributed by atoms with E-state index in [9.17, 15) is 5.11 Å². The van der Waals surface area contributed by atoms with Crippen molar-refractivity contribution in [2.45, 2.75) is 46.5 Å². The number of benzene rings is 1. The predicted molar refractivity (Wildman–Crippen MR) is 71.0 cm³/mol. The van der Waals surface area contributed by atoms with E-state index in [1.165, 1.54) is 5.56 Å². The zero-order chi connectivity index (χ0) is 12.5. The highest BCUT2D eigenvalue weighted by Crippen LogP contribution is 2.34. The molecule has 0 atom stereocenters. The average molecular weight is 218 g/mol. The van der Waals surface area contributed by atoms with Crippen LogP contribution in [0.1, 0.15) is 63.1 Å². The fourth-order valence-electron chi connectivity index (χ4n) is 1.93. The molecule has 1 rings (SSSR count). The van der Waals surface area contributed by atoms with Crippen LogP contribution in [-0.4, -0.2) is 5.11 Å². The first-order valence-electron chi connectivity index (χ1n) is 5.87. The number of aromatic hydroxyl groups is 1. The number of rotatable bonds is 3. The van der Waals surface area contributed by atoms with Crippen molar-refractivity contribution in [2.75, 3.05) is 0 Å². The summed E-state index contributed by atoms with van der Waals surface area (Å²) in [5, 5.41) is 9.98. The first-order chi connectivity index (χ1) is 7.34. The molecule has 1 aromatic rings. The van der Waals surface area contributed by atoms with Crippen LogP contribution in [0.15, 0.2) is 18.7 Å². The zero-order valence-corrected chi connectivity index (χ0v) is 11.0. The first-order valence-corrected chi connectivity index (χ1v) is 5.87. The minimum Gasteiger partial charge on any atom is -0.508 e. The minimum absolute atomic E-state index is 0.344. The molecule has 0 aromatic heterocycles. The summed E-state index contributed by atoms with van der Waals surface area (Å²) in [6, 6.07) is 3.97. The Morgan fingerprint density at radius 3 is 1.94 bits per heavy atom. The van der Waals surface area contributed by atoms with Crippen LogP contribution in [0.5, 0.6) is 5.75 Å². The molecule has 1 aromatic carbocycles. The van der Waals surface area contributed by atoms with Crippen molar-refractivity contribution in [3.05, 3.63) is 35.4 Å². The van der Waals surface area contributed by atoms with Crippen LogP contribution in [0.2, 0.25) is 0 Å². The van der Waals surface area contributed by atoms with Crippen LogP contribution in [-0.2, 0) is 0 Å². The molecule has 0 fully saturated rings. The maximum Gasteiger partial charge on any atom is 0.119 e. The van der Waals surface area contributed by atoms with E-state index in [-0.39, 0.29) is 0 Å². The molecule has 0 radical (unpaired) electrons.